The van der Waals surface area contributed by atoms with Crippen LogP contribution >= 0.6 is 0 Å². The third-order valence-electron chi connectivity index (χ3n) is 3.63. The lowest BCUT2D eigenvalue weighted by atomic mass is 10.2. The van der Waals surface area contributed by atoms with E-state index < -0.39 is 0 Å². The van der Waals surface area contributed by atoms with E-state index in [0.717, 1.165) is 28.0 Å². The van der Waals surface area contributed by atoms with Crippen LogP contribution in [0.1, 0.15) is 5.56 Å². The lowest BCUT2D eigenvalue weighted by Gasteiger charge is -2.08. The van der Waals surface area contributed by atoms with Gasteiger partial charge in [0.25, 0.3) is 0 Å². The molecule has 22 heavy (non-hydrogen) atoms. The zero-order chi connectivity index (χ0) is 15.4. The standard InChI is InChI=1S/C19H18N2O/c1-3-11-21-18-10-9-17(12-16(18)13-19(21)20-2)22-14-15-7-5-4-6-8-15/h1,4-10,12-13,20H,11,14H2,2H3. The molecule has 0 aliphatic heterocycles. The molecule has 1 N–H and O–H groups in total. The first kappa shape index (κ1) is 14.1. The number of rotatable bonds is 5. The Bertz CT molecular complexity index is 813. The fourth-order valence-corrected chi connectivity index (χ4v) is 2.55. The van der Waals surface area contributed by atoms with Gasteiger partial charge in [-0.05, 0) is 29.8 Å². The summed E-state index contributed by atoms with van der Waals surface area (Å²) in [6, 6.07) is 18.3. The lowest BCUT2D eigenvalue weighted by Crippen LogP contribution is -2.01. The van der Waals surface area contributed by atoms with Crippen molar-refractivity contribution in [1.29, 1.82) is 0 Å². The van der Waals surface area contributed by atoms with E-state index in [1.54, 1.807) is 0 Å². The van der Waals surface area contributed by atoms with E-state index in [4.69, 9.17) is 11.2 Å². The van der Waals surface area contributed by atoms with E-state index in [9.17, 15) is 0 Å². The Kier molecular flexibility index (Phi) is 4.02. The molecule has 0 spiro atoms. The maximum atomic E-state index is 5.87. The first-order valence-corrected chi connectivity index (χ1v) is 7.23. The summed E-state index contributed by atoms with van der Waals surface area (Å²) >= 11 is 0. The number of nitrogens with zero attached hydrogens (tertiary/aromatic N) is 1. The van der Waals surface area contributed by atoms with E-state index in [2.05, 4.69) is 34.0 Å². The zero-order valence-electron chi connectivity index (χ0n) is 12.5. The van der Waals surface area contributed by atoms with Crippen molar-refractivity contribution in [1.82, 2.24) is 4.57 Å². The number of fused-ring (bicyclic) bond motifs is 1. The molecule has 0 atom stereocenters. The van der Waals surface area contributed by atoms with Gasteiger partial charge in [0.1, 0.15) is 18.2 Å². The minimum atomic E-state index is 0.546. The van der Waals surface area contributed by atoms with Gasteiger partial charge in [0, 0.05) is 12.4 Å². The van der Waals surface area contributed by atoms with Crippen molar-refractivity contribution in [2.75, 3.05) is 12.4 Å². The smallest absolute Gasteiger partial charge is 0.120 e. The average Bonchev–Trinajstić information content (AvgIpc) is 2.91. The number of aromatic nitrogens is 1. The number of hydrogen-bond donors (Lipinski definition) is 1. The van der Waals surface area contributed by atoms with Gasteiger partial charge < -0.3 is 14.6 Å². The summed E-state index contributed by atoms with van der Waals surface area (Å²) in [6.07, 6.45) is 5.45. The second-order valence-corrected chi connectivity index (χ2v) is 5.06. The quantitative estimate of drug-likeness (QED) is 0.721. The van der Waals surface area contributed by atoms with Crippen molar-refractivity contribution in [2.24, 2.45) is 0 Å². The first-order chi connectivity index (χ1) is 10.8. The van der Waals surface area contributed by atoms with Crippen LogP contribution in [-0.2, 0) is 13.2 Å². The molecule has 3 rings (SSSR count). The Morgan fingerprint density at radius 3 is 2.68 bits per heavy atom. The third-order valence-corrected chi connectivity index (χ3v) is 3.63. The third kappa shape index (κ3) is 2.77. The summed E-state index contributed by atoms with van der Waals surface area (Å²) < 4.78 is 7.95. The Balaban J connectivity index is 1.85. The summed E-state index contributed by atoms with van der Waals surface area (Å²) in [5.41, 5.74) is 2.26. The predicted octanol–water partition coefficient (Wildman–Crippen LogP) is 3.90. The maximum Gasteiger partial charge on any atom is 0.120 e. The maximum absolute atomic E-state index is 5.87. The molecule has 3 aromatic rings. The molecule has 0 aliphatic carbocycles. The summed E-state index contributed by atoms with van der Waals surface area (Å²) in [5.74, 6) is 4.56. The molecule has 2 aromatic carbocycles. The van der Waals surface area contributed by atoms with Crippen LogP contribution in [0.5, 0.6) is 5.75 Å². The van der Waals surface area contributed by atoms with Crippen LogP contribution in [-0.4, -0.2) is 11.6 Å². The zero-order valence-corrected chi connectivity index (χ0v) is 12.5. The number of hydrogen-bond acceptors (Lipinski definition) is 2. The fourth-order valence-electron chi connectivity index (χ4n) is 2.55. The van der Waals surface area contributed by atoms with Crippen LogP contribution in [0.4, 0.5) is 5.82 Å². The molecule has 110 valence electrons. The van der Waals surface area contributed by atoms with Crippen molar-refractivity contribution in [3.8, 4) is 18.1 Å². The van der Waals surface area contributed by atoms with Crippen molar-refractivity contribution in [3.05, 3.63) is 60.2 Å². The van der Waals surface area contributed by atoms with E-state index in [1.165, 1.54) is 0 Å². The molecular formula is C19H18N2O. The van der Waals surface area contributed by atoms with Gasteiger partial charge in [-0.15, -0.1) is 6.42 Å². The second kappa shape index (κ2) is 6.28. The van der Waals surface area contributed by atoms with Gasteiger partial charge in [-0.25, -0.2) is 0 Å². The van der Waals surface area contributed by atoms with E-state index in [1.807, 2.05) is 43.4 Å². The monoisotopic (exact) mass is 290 g/mol. The second-order valence-electron chi connectivity index (χ2n) is 5.06. The van der Waals surface area contributed by atoms with Gasteiger partial charge in [-0.3, -0.25) is 0 Å². The number of anilines is 1. The number of ether oxygens (including phenoxy) is 1. The first-order valence-electron chi connectivity index (χ1n) is 7.23. The van der Waals surface area contributed by atoms with Gasteiger partial charge in [-0.2, -0.15) is 0 Å². The number of nitrogens with one attached hydrogen (secondary N) is 1. The highest BCUT2D eigenvalue weighted by molar-refractivity contribution is 5.86. The molecule has 0 amide bonds. The van der Waals surface area contributed by atoms with Gasteiger partial charge in [-0.1, -0.05) is 36.3 Å². The highest BCUT2D eigenvalue weighted by Crippen LogP contribution is 2.27. The van der Waals surface area contributed by atoms with Crippen LogP contribution in [0.3, 0.4) is 0 Å². The number of terminal acetylenes is 1. The molecule has 0 saturated heterocycles. The fraction of sp³-hybridized carbons (Fsp3) is 0.158. The van der Waals surface area contributed by atoms with E-state index in [-0.39, 0.29) is 0 Å². The largest absolute Gasteiger partial charge is 0.489 e. The highest BCUT2D eigenvalue weighted by Gasteiger charge is 2.08. The van der Waals surface area contributed by atoms with Gasteiger partial charge in [0.15, 0.2) is 0 Å². The Morgan fingerprint density at radius 1 is 1.14 bits per heavy atom. The Labute approximate surface area is 130 Å². The predicted molar refractivity (Wildman–Crippen MR) is 91.1 cm³/mol. The lowest BCUT2D eigenvalue weighted by molar-refractivity contribution is 0.306. The number of benzene rings is 2. The summed E-state index contributed by atoms with van der Waals surface area (Å²) in [7, 11) is 1.90. The van der Waals surface area contributed by atoms with Crippen LogP contribution in [0.15, 0.2) is 54.6 Å². The topological polar surface area (TPSA) is 26.2 Å². The van der Waals surface area contributed by atoms with Crippen molar-refractivity contribution < 1.29 is 4.74 Å². The minimum absolute atomic E-state index is 0.546. The molecule has 3 nitrogen and oxygen atoms in total. The molecule has 0 saturated carbocycles. The minimum Gasteiger partial charge on any atom is -0.489 e. The Hall–Kier alpha value is -2.86. The molecule has 0 fully saturated rings. The molecule has 0 bridgehead atoms. The molecule has 0 unspecified atom stereocenters. The molecule has 1 aromatic heterocycles. The summed E-state index contributed by atoms with van der Waals surface area (Å²) in [5, 5.41) is 4.29. The van der Waals surface area contributed by atoms with E-state index >= 15 is 0 Å². The molecule has 3 heteroatoms. The Morgan fingerprint density at radius 2 is 1.95 bits per heavy atom. The SMILES string of the molecule is C#CCn1c(NC)cc2cc(OCc3ccccc3)ccc21. The molecule has 0 aliphatic rings. The molecule has 0 radical (unpaired) electrons. The van der Waals surface area contributed by atoms with Crippen LogP contribution in [0.2, 0.25) is 0 Å². The van der Waals surface area contributed by atoms with Gasteiger partial charge in [0.2, 0.25) is 0 Å². The normalized spacial score (nSPS) is 10.4. The van der Waals surface area contributed by atoms with Gasteiger partial charge >= 0.3 is 0 Å². The highest BCUT2D eigenvalue weighted by atomic mass is 16.5. The van der Waals surface area contributed by atoms with Crippen molar-refractivity contribution >= 4 is 16.7 Å². The van der Waals surface area contributed by atoms with Crippen LogP contribution in [0, 0.1) is 12.3 Å². The van der Waals surface area contributed by atoms with Crippen molar-refractivity contribution in [3.63, 3.8) is 0 Å². The average molecular weight is 290 g/mol. The molecular weight excluding hydrogens is 272 g/mol. The van der Waals surface area contributed by atoms with E-state index in [0.29, 0.717) is 13.2 Å². The van der Waals surface area contributed by atoms with Gasteiger partial charge in [0.05, 0.1) is 12.1 Å². The summed E-state index contributed by atoms with van der Waals surface area (Å²) in [4.78, 5) is 0. The van der Waals surface area contributed by atoms with Crippen molar-refractivity contribution in [2.45, 2.75) is 13.2 Å². The molecule has 1 heterocycles. The van der Waals surface area contributed by atoms with Crippen LogP contribution in [0.25, 0.3) is 10.9 Å². The van der Waals surface area contributed by atoms with Crippen LogP contribution < -0.4 is 10.1 Å². The summed E-state index contributed by atoms with van der Waals surface area (Å²) in [6.45, 7) is 1.11.